The lowest BCUT2D eigenvalue weighted by Gasteiger charge is -2.33. The predicted molar refractivity (Wildman–Crippen MR) is 120 cm³/mol. The van der Waals surface area contributed by atoms with Crippen LogP contribution in [0, 0.1) is 17.6 Å². The van der Waals surface area contributed by atoms with E-state index in [4.69, 9.17) is 10.5 Å². The van der Waals surface area contributed by atoms with Crippen molar-refractivity contribution in [1.29, 1.82) is 0 Å². The molecule has 4 rings (SSSR count). The number of likely N-dealkylation sites (tertiary alicyclic amines) is 1. The van der Waals surface area contributed by atoms with Crippen molar-refractivity contribution in [3.05, 3.63) is 71.3 Å². The Morgan fingerprint density at radius 2 is 1.76 bits per heavy atom. The second-order valence-electron chi connectivity index (χ2n) is 8.75. The highest BCUT2D eigenvalue weighted by atomic mass is 19.1. The van der Waals surface area contributed by atoms with Crippen LogP contribution in [-0.2, 0) is 21.7 Å². The van der Waals surface area contributed by atoms with E-state index in [1.54, 1.807) is 29.2 Å². The summed E-state index contributed by atoms with van der Waals surface area (Å²) >= 11 is 0. The van der Waals surface area contributed by atoms with Crippen molar-refractivity contribution in [1.82, 2.24) is 4.90 Å². The lowest BCUT2D eigenvalue weighted by atomic mass is 9.80. The van der Waals surface area contributed by atoms with Crippen molar-refractivity contribution < 1.29 is 23.4 Å². The predicted octanol–water partition coefficient (Wildman–Crippen LogP) is 3.48. The molecule has 2 atom stereocenters. The third-order valence-electron chi connectivity index (χ3n) is 6.67. The van der Waals surface area contributed by atoms with Crippen molar-refractivity contribution in [2.75, 3.05) is 13.1 Å². The molecule has 1 aliphatic carbocycles. The van der Waals surface area contributed by atoms with Crippen LogP contribution in [0.2, 0.25) is 0 Å². The van der Waals surface area contributed by atoms with Gasteiger partial charge in [-0.3, -0.25) is 0 Å². The van der Waals surface area contributed by atoms with Crippen molar-refractivity contribution >= 4 is 11.9 Å². The Morgan fingerprint density at radius 3 is 2.42 bits per heavy atom. The Kier molecular flexibility index (Phi) is 6.93. The average molecular weight is 458 g/mol. The molecule has 176 valence electrons. The summed E-state index contributed by atoms with van der Waals surface area (Å²) in [4.78, 5) is 19.1. The highest BCUT2D eigenvalue weighted by Crippen LogP contribution is 2.42. The fourth-order valence-electron chi connectivity index (χ4n) is 4.77. The normalized spacial score (nSPS) is 21.2. The van der Waals surface area contributed by atoms with Crippen molar-refractivity contribution in [3.8, 4) is 0 Å². The number of carbonyl (C=O) groups is 1. The summed E-state index contributed by atoms with van der Waals surface area (Å²) in [6.07, 6.45) is 3.53. The van der Waals surface area contributed by atoms with E-state index < -0.39 is 29.3 Å². The number of hydrogen-bond acceptors (Lipinski definition) is 4. The number of aliphatic imine (C=N–C) groups is 1. The third kappa shape index (κ3) is 4.85. The summed E-state index contributed by atoms with van der Waals surface area (Å²) < 4.78 is 33.4. The van der Waals surface area contributed by atoms with Gasteiger partial charge in [0.15, 0.2) is 11.6 Å². The van der Waals surface area contributed by atoms with E-state index in [1.165, 1.54) is 18.2 Å². The van der Waals surface area contributed by atoms with Gasteiger partial charge in [0.25, 0.3) is 0 Å². The third-order valence-corrected chi connectivity index (χ3v) is 6.67. The van der Waals surface area contributed by atoms with E-state index in [9.17, 15) is 18.7 Å². The van der Waals surface area contributed by atoms with E-state index in [1.807, 2.05) is 6.07 Å². The lowest BCUT2D eigenvalue weighted by Crippen LogP contribution is -2.45. The highest BCUT2D eigenvalue weighted by molar-refractivity contribution is 5.82. The van der Waals surface area contributed by atoms with Crippen molar-refractivity contribution in [3.63, 3.8) is 0 Å². The molecule has 6 nitrogen and oxygen atoms in total. The number of aliphatic hydroxyl groups is 1. The Morgan fingerprint density at radius 1 is 1.09 bits per heavy atom. The minimum atomic E-state index is -1.69. The number of benzene rings is 2. The van der Waals surface area contributed by atoms with Gasteiger partial charge in [-0.1, -0.05) is 49.2 Å². The molecule has 2 unspecified atom stereocenters. The van der Waals surface area contributed by atoms with Gasteiger partial charge in [-0.05, 0) is 30.5 Å². The van der Waals surface area contributed by atoms with Gasteiger partial charge in [0, 0.05) is 24.4 Å². The van der Waals surface area contributed by atoms with Crippen molar-refractivity contribution in [2.45, 2.75) is 50.4 Å². The summed E-state index contributed by atoms with van der Waals surface area (Å²) in [5.74, 6) is -2.05. The minimum Gasteiger partial charge on any atom is -0.458 e. The zero-order valence-corrected chi connectivity index (χ0v) is 18.4. The van der Waals surface area contributed by atoms with Crippen LogP contribution in [0.4, 0.5) is 8.78 Å². The Bertz CT molecular complexity index is 991. The first-order chi connectivity index (χ1) is 15.9. The molecule has 33 heavy (non-hydrogen) atoms. The first kappa shape index (κ1) is 23.2. The minimum absolute atomic E-state index is 0.130. The fourth-order valence-corrected chi connectivity index (χ4v) is 4.77. The Labute approximate surface area is 192 Å². The molecule has 0 spiro atoms. The maximum absolute atomic E-state index is 13.8. The molecular formula is C25H29F2N3O3. The SMILES string of the molecule is NC(=NCc1c(F)cccc1F)N1CCC(OC(=O)C(O)(c2ccccc2)C2CCCC2)C1. The molecular weight excluding hydrogens is 428 g/mol. The van der Waals surface area contributed by atoms with E-state index in [2.05, 4.69) is 4.99 Å². The number of esters is 1. The van der Waals surface area contributed by atoms with Crippen LogP contribution >= 0.6 is 0 Å². The van der Waals surface area contributed by atoms with Gasteiger partial charge < -0.3 is 20.5 Å². The van der Waals surface area contributed by atoms with Gasteiger partial charge in [0.1, 0.15) is 17.7 Å². The van der Waals surface area contributed by atoms with Crippen LogP contribution in [-0.4, -0.2) is 41.1 Å². The van der Waals surface area contributed by atoms with E-state index in [0.29, 0.717) is 25.1 Å². The van der Waals surface area contributed by atoms with Gasteiger partial charge in [0.05, 0.1) is 13.1 Å². The van der Waals surface area contributed by atoms with Crippen LogP contribution in [0.1, 0.15) is 43.2 Å². The summed E-state index contributed by atoms with van der Waals surface area (Å²) in [6, 6.07) is 12.6. The first-order valence-corrected chi connectivity index (χ1v) is 11.4. The van der Waals surface area contributed by atoms with Crippen LogP contribution in [0.25, 0.3) is 0 Å². The van der Waals surface area contributed by atoms with Crippen LogP contribution < -0.4 is 5.73 Å². The summed E-state index contributed by atoms with van der Waals surface area (Å²) in [5, 5.41) is 11.5. The molecule has 2 aromatic carbocycles. The number of rotatable bonds is 6. The quantitative estimate of drug-likeness (QED) is 0.394. The van der Waals surface area contributed by atoms with Gasteiger partial charge in [-0.15, -0.1) is 0 Å². The molecule has 1 aliphatic heterocycles. The fraction of sp³-hybridized carbons (Fsp3) is 0.440. The zero-order valence-electron chi connectivity index (χ0n) is 18.4. The molecule has 0 bridgehead atoms. The molecule has 8 heteroatoms. The summed E-state index contributed by atoms with van der Waals surface area (Å²) in [7, 11) is 0. The molecule has 2 aromatic rings. The average Bonchev–Trinajstić information content (AvgIpc) is 3.51. The van der Waals surface area contributed by atoms with Crippen LogP contribution in [0.15, 0.2) is 53.5 Å². The molecule has 2 aliphatic rings. The van der Waals surface area contributed by atoms with Gasteiger partial charge in [-0.25, -0.2) is 18.6 Å². The van der Waals surface area contributed by atoms with E-state index in [0.717, 1.165) is 25.7 Å². The molecule has 1 saturated carbocycles. The van der Waals surface area contributed by atoms with Gasteiger partial charge in [0.2, 0.25) is 0 Å². The molecule has 1 heterocycles. The monoisotopic (exact) mass is 457 g/mol. The summed E-state index contributed by atoms with van der Waals surface area (Å²) in [6.45, 7) is 0.567. The van der Waals surface area contributed by atoms with E-state index >= 15 is 0 Å². The largest absolute Gasteiger partial charge is 0.458 e. The maximum Gasteiger partial charge on any atom is 0.343 e. The number of guanidine groups is 1. The number of halogens is 2. The lowest BCUT2D eigenvalue weighted by molar-refractivity contribution is -0.178. The first-order valence-electron chi connectivity index (χ1n) is 11.4. The van der Waals surface area contributed by atoms with Crippen LogP contribution in [0.5, 0.6) is 0 Å². The number of nitrogens with two attached hydrogens (primary N) is 1. The number of ether oxygens (including phenoxy) is 1. The van der Waals surface area contributed by atoms with Crippen molar-refractivity contribution in [2.24, 2.45) is 16.6 Å². The Hall–Kier alpha value is -3.00. The molecule has 2 fully saturated rings. The van der Waals surface area contributed by atoms with Gasteiger partial charge in [-0.2, -0.15) is 0 Å². The number of hydrogen-bond donors (Lipinski definition) is 2. The Balaban J connectivity index is 1.42. The molecule has 3 N–H and O–H groups in total. The topological polar surface area (TPSA) is 88.1 Å². The zero-order chi connectivity index (χ0) is 23.4. The van der Waals surface area contributed by atoms with E-state index in [-0.39, 0.29) is 24.0 Å². The molecule has 0 amide bonds. The number of carbonyl (C=O) groups excluding carboxylic acids is 1. The standard InChI is InChI=1S/C25H29F2N3O3/c26-21-11-6-12-22(27)20(21)15-29-24(28)30-14-13-19(16-30)33-23(31)25(32,18-9-4-5-10-18)17-7-2-1-3-8-17/h1-3,6-8,11-12,18-19,32H,4-5,9-10,13-16H2,(H2,28,29). The second kappa shape index (κ2) is 9.87. The molecule has 0 aromatic heterocycles. The summed E-state index contributed by atoms with van der Waals surface area (Å²) in [5.41, 5.74) is 4.75. The smallest absolute Gasteiger partial charge is 0.343 e. The maximum atomic E-state index is 13.8. The highest BCUT2D eigenvalue weighted by Gasteiger charge is 2.48. The molecule has 0 radical (unpaired) electrons. The van der Waals surface area contributed by atoms with Crippen LogP contribution in [0.3, 0.4) is 0 Å². The second-order valence-corrected chi connectivity index (χ2v) is 8.75. The van der Waals surface area contributed by atoms with Gasteiger partial charge >= 0.3 is 5.97 Å². The molecule has 1 saturated heterocycles. The number of nitrogens with zero attached hydrogens (tertiary/aromatic N) is 2.